The van der Waals surface area contributed by atoms with Crippen molar-refractivity contribution in [1.29, 1.82) is 0 Å². The lowest BCUT2D eigenvalue weighted by atomic mass is 10.1. The maximum Gasteiger partial charge on any atom is 0.346 e. The van der Waals surface area contributed by atoms with Crippen LogP contribution in [0, 0.1) is 0 Å². The lowest BCUT2D eigenvalue weighted by Gasteiger charge is -2.24. The maximum absolute atomic E-state index is 11.9. The fourth-order valence-corrected chi connectivity index (χ4v) is 2.88. The number of pyridine rings is 2. The van der Waals surface area contributed by atoms with E-state index in [9.17, 15) is 9.59 Å². The molecule has 6 nitrogen and oxygen atoms in total. The smallest absolute Gasteiger partial charge is 0.346 e. The number of fused-ring (bicyclic) bond motifs is 1. The summed E-state index contributed by atoms with van der Waals surface area (Å²) in [7, 11) is 0. The number of rotatable bonds is 5. The van der Waals surface area contributed by atoms with Crippen LogP contribution in [0.5, 0.6) is 0 Å². The average molecular weight is 345 g/mol. The molecule has 1 aliphatic rings. The number of carbonyl (C=O) groups is 2. The summed E-state index contributed by atoms with van der Waals surface area (Å²) in [5, 5.41) is 0. The van der Waals surface area contributed by atoms with Crippen LogP contribution in [0.3, 0.4) is 0 Å². The van der Waals surface area contributed by atoms with Gasteiger partial charge in [-0.2, -0.15) is 0 Å². The molecule has 0 fully saturated rings. The molecule has 4 rings (SSSR count). The molecule has 1 aromatic carbocycles. The minimum Gasteiger partial charge on any atom is -0.386 e. The fraction of sp³-hybridized carbons (Fsp3) is 0.100. The summed E-state index contributed by atoms with van der Waals surface area (Å²) in [6.45, 7) is 1.08. The van der Waals surface area contributed by atoms with Crippen LogP contribution in [0.4, 0.5) is 5.69 Å². The number of hydrogen-bond donors (Lipinski definition) is 0. The van der Waals surface area contributed by atoms with E-state index in [1.807, 2.05) is 42.5 Å². The number of carbonyl (C=O) groups excluding carboxylic acids is 2. The van der Waals surface area contributed by atoms with Gasteiger partial charge in [-0.05, 0) is 42.5 Å². The van der Waals surface area contributed by atoms with Crippen molar-refractivity contribution in [3.8, 4) is 0 Å². The molecule has 0 bridgehead atoms. The summed E-state index contributed by atoms with van der Waals surface area (Å²) in [5.74, 6) is -1.21. The van der Waals surface area contributed by atoms with E-state index in [1.54, 1.807) is 24.5 Å². The van der Waals surface area contributed by atoms with Gasteiger partial charge in [-0.3, -0.25) is 9.97 Å². The zero-order valence-corrected chi connectivity index (χ0v) is 13.8. The standard InChI is InChI=1S/C20H15N3O3/c24-19-17-8-7-16(11-18(17)20(25)26-19)23(12-14-5-1-3-9-21-14)13-15-6-2-4-10-22-15/h1-11H,12-13H2. The predicted octanol–water partition coefficient (Wildman–Crippen LogP) is 2.99. The average Bonchev–Trinajstić information content (AvgIpc) is 2.96. The zero-order valence-electron chi connectivity index (χ0n) is 13.8. The van der Waals surface area contributed by atoms with Gasteiger partial charge < -0.3 is 9.64 Å². The summed E-state index contributed by atoms with van der Waals surface area (Å²) >= 11 is 0. The van der Waals surface area contributed by atoms with E-state index in [0.717, 1.165) is 17.1 Å². The number of benzene rings is 1. The number of esters is 2. The van der Waals surface area contributed by atoms with Crippen molar-refractivity contribution in [3.63, 3.8) is 0 Å². The van der Waals surface area contributed by atoms with E-state index in [0.29, 0.717) is 24.2 Å². The monoisotopic (exact) mass is 345 g/mol. The highest BCUT2D eigenvalue weighted by Gasteiger charge is 2.30. The highest BCUT2D eigenvalue weighted by atomic mass is 16.6. The number of anilines is 1. The Hall–Kier alpha value is -3.54. The van der Waals surface area contributed by atoms with Gasteiger partial charge >= 0.3 is 11.9 Å². The number of hydrogen-bond acceptors (Lipinski definition) is 6. The van der Waals surface area contributed by atoms with E-state index < -0.39 is 11.9 Å². The second-order valence-electron chi connectivity index (χ2n) is 5.91. The first-order valence-corrected chi connectivity index (χ1v) is 8.16. The molecule has 26 heavy (non-hydrogen) atoms. The minimum absolute atomic E-state index is 0.291. The third-order valence-electron chi connectivity index (χ3n) is 4.15. The van der Waals surface area contributed by atoms with Crippen LogP contribution in [0.15, 0.2) is 67.0 Å². The van der Waals surface area contributed by atoms with Gasteiger partial charge in [0.25, 0.3) is 0 Å². The SMILES string of the molecule is O=C1OC(=O)c2cc(N(Cc3ccccn3)Cc3ccccn3)ccc21. The minimum atomic E-state index is -0.609. The predicted molar refractivity (Wildman–Crippen MR) is 94.5 cm³/mol. The first-order chi connectivity index (χ1) is 12.7. The molecule has 3 aromatic rings. The second-order valence-corrected chi connectivity index (χ2v) is 5.91. The summed E-state index contributed by atoms with van der Waals surface area (Å²) in [6, 6.07) is 16.6. The fourth-order valence-electron chi connectivity index (χ4n) is 2.88. The van der Waals surface area contributed by atoms with Gasteiger partial charge in [0.2, 0.25) is 0 Å². The van der Waals surface area contributed by atoms with Crippen LogP contribution in [0.25, 0.3) is 0 Å². The van der Waals surface area contributed by atoms with Crippen molar-refractivity contribution in [2.75, 3.05) is 4.90 Å². The second kappa shape index (κ2) is 6.76. The molecule has 0 aliphatic carbocycles. The first-order valence-electron chi connectivity index (χ1n) is 8.16. The van der Waals surface area contributed by atoms with Crippen molar-refractivity contribution < 1.29 is 14.3 Å². The highest BCUT2D eigenvalue weighted by molar-refractivity contribution is 6.15. The molecule has 0 spiro atoms. The van der Waals surface area contributed by atoms with E-state index in [-0.39, 0.29) is 0 Å². The van der Waals surface area contributed by atoms with Crippen LogP contribution in [0.2, 0.25) is 0 Å². The van der Waals surface area contributed by atoms with Gasteiger partial charge in [0.15, 0.2) is 0 Å². The molecule has 2 aromatic heterocycles. The Morgan fingerprint density at radius 3 is 1.96 bits per heavy atom. The molecule has 0 unspecified atom stereocenters. The molecule has 0 saturated heterocycles. The topological polar surface area (TPSA) is 72.4 Å². The van der Waals surface area contributed by atoms with Crippen molar-refractivity contribution >= 4 is 17.6 Å². The van der Waals surface area contributed by atoms with Crippen molar-refractivity contribution in [2.24, 2.45) is 0 Å². The van der Waals surface area contributed by atoms with Gasteiger partial charge in [-0.25, -0.2) is 9.59 Å². The molecule has 1 aliphatic heterocycles. The van der Waals surface area contributed by atoms with Gasteiger partial charge in [-0.15, -0.1) is 0 Å². The normalized spacial score (nSPS) is 12.6. The lowest BCUT2D eigenvalue weighted by Crippen LogP contribution is -2.23. The molecule has 0 saturated carbocycles. The molecule has 0 radical (unpaired) electrons. The van der Waals surface area contributed by atoms with Gasteiger partial charge in [0.1, 0.15) is 0 Å². The number of ether oxygens (including phenoxy) is 1. The maximum atomic E-state index is 11.9. The lowest BCUT2D eigenvalue weighted by molar-refractivity contribution is 0.0444. The Morgan fingerprint density at radius 2 is 1.38 bits per heavy atom. The molecule has 3 heterocycles. The summed E-state index contributed by atoms with van der Waals surface area (Å²) in [6.07, 6.45) is 3.49. The van der Waals surface area contributed by atoms with E-state index in [4.69, 9.17) is 0 Å². The van der Waals surface area contributed by atoms with Crippen LogP contribution < -0.4 is 4.90 Å². The molecular weight excluding hydrogens is 330 g/mol. The molecule has 128 valence electrons. The Labute approximate surface area is 150 Å². The number of aromatic nitrogens is 2. The van der Waals surface area contributed by atoms with Gasteiger partial charge in [0.05, 0.1) is 35.6 Å². The molecule has 0 N–H and O–H groups in total. The van der Waals surface area contributed by atoms with E-state index in [2.05, 4.69) is 19.6 Å². The van der Waals surface area contributed by atoms with Crippen LogP contribution in [-0.2, 0) is 17.8 Å². The summed E-state index contributed by atoms with van der Waals surface area (Å²) in [5.41, 5.74) is 3.17. The Bertz CT molecular complexity index is 917. The number of nitrogens with zero attached hydrogens (tertiary/aromatic N) is 3. The first kappa shape index (κ1) is 16.0. The largest absolute Gasteiger partial charge is 0.386 e. The van der Waals surface area contributed by atoms with Crippen molar-refractivity contribution in [3.05, 3.63) is 89.5 Å². The Balaban J connectivity index is 1.69. The molecule has 0 atom stereocenters. The van der Waals surface area contributed by atoms with Gasteiger partial charge in [-0.1, -0.05) is 12.1 Å². The van der Waals surface area contributed by atoms with Crippen LogP contribution >= 0.6 is 0 Å². The van der Waals surface area contributed by atoms with E-state index >= 15 is 0 Å². The number of cyclic esters (lactones) is 2. The van der Waals surface area contributed by atoms with Crippen LogP contribution in [0.1, 0.15) is 32.1 Å². The third kappa shape index (κ3) is 3.17. The third-order valence-corrected chi connectivity index (χ3v) is 4.15. The summed E-state index contributed by atoms with van der Waals surface area (Å²) in [4.78, 5) is 34.4. The Kier molecular flexibility index (Phi) is 4.15. The summed E-state index contributed by atoms with van der Waals surface area (Å²) < 4.78 is 4.68. The van der Waals surface area contributed by atoms with Gasteiger partial charge in [0, 0.05) is 18.1 Å². The zero-order chi connectivity index (χ0) is 17.9. The van der Waals surface area contributed by atoms with Crippen LogP contribution in [-0.4, -0.2) is 21.9 Å². The molecule has 6 heteroatoms. The quantitative estimate of drug-likeness (QED) is 0.523. The molecular formula is C20H15N3O3. The molecule has 0 amide bonds. The van der Waals surface area contributed by atoms with Crippen molar-refractivity contribution in [2.45, 2.75) is 13.1 Å². The van der Waals surface area contributed by atoms with Crippen molar-refractivity contribution in [1.82, 2.24) is 9.97 Å². The Morgan fingerprint density at radius 1 is 0.769 bits per heavy atom. The van der Waals surface area contributed by atoms with E-state index in [1.165, 1.54) is 0 Å². The highest BCUT2D eigenvalue weighted by Crippen LogP contribution is 2.27.